The van der Waals surface area contributed by atoms with E-state index >= 15 is 0 Å². The maximum Gasteiger partial charge on any atom is 0.138 e. The van der Waals surface area contributed by atoms with Gasteiger partial charge in [0.25, 0.3) is 0 Å². The highest BCUT2D eigenvalue weighted by molar-refractivity contribution is 6.30. The van der Waals surface area contributed by atoms with Crippen molar-refractivity contribution in [3.05, 3.63) is 41.4 Å². The molecule has 7 heteroatoms. The third kappa shape index (κ3) is 4.44. The lowest BCUT2D eigenvalue weighted by molar-refractivity contribution is 0.144. The normalized spacial score (nSPS) is 18.6. The van der Waals surface area contributed by atoms with Gasteiger partial charge in [0.15, 0.2) is 0 Å². The molecule has 1 aliphatic rings. The molecular weight excluding hydrogens is 333 g/mol. The molecule has 0 spiro atoms. The van der Waals surface area contributed by atoms with E-state index in [1.807, 2.05) is 12.1 Å². The molecule has 0 bridgehead atoms. The minimum absolute atomic E-state index is 0. The molecule has 23 heavy (non-hydrogen) atoms. The van der Waals surface area contributed by atoms with Gasteiger partial charge in [-0.2, -0.15) is 5.10 Å². The molecule has 5 nitrogen and oxygen atoms in total. The third-order valence-electron chi connectivity index (χ3n) is 4.18. The number of aromatic nitrogens is 3. The first-order valence-corrected chi connectivity index (χ1v) is 8.24. The zero-order valence-corrected chi connectivity index (χ0v) is 14.9. The van der Waals surface area contributed by atoms with Crippen LogP contribution in [0.3, 0.4) is 0 Å². The van der Waals surface area contributed by atoms with Crippen LogP contribution in [0.2, 0.25) is 5.02 Å². The lowest BCUT2D eigenvalue weighted by Crippen LogP contribution is -2.50. The molecule has 1 fully saturated rings. The standard InChI is InChI=1S/C16H22ClN5.ClH/c1-2-3-15-9-18-6-7-21(15)10-13-4-5-14(17)8-16(13)22-12-19-11-20-22;/h4-5,8,11-12,15,18H,2-3,6-7,9-10H2,1H3;1H. The molecule has 3 rings (SSSR count). The van der Waals surface area contributed by atoms with Crippen molar-refractivity contribution in [3.8, 4) is 5.69 Å². The minimum Gasteiger partial charge on any atom is -0.314 e. The quantitative estimate of drug-likeness (QED) is 0.895. The fourth-order valence-electron chi connectivity index (χ4n) is 3.06. The number of piperazine rings is 1. The van der Waals surface area contributed by atoms with Crippen molar-refractivity contribution >= 4 is 24.0 Å². The van der Waals surface area contributed by atoms with E-state index in [2.05, 4.69) is 33.3 Å². The molecule has 0 aliphatic carbocycles. The van der Waals surface area contributed by atoms with Gasteiger partial charge >= 0.3 is 0 Å². The summed E-state index contributed by atoms with van der Waals surface area (Å²) in [4.78, 5) is 6.60. The first-order valence-electron chi connectivity index (χ1n) is 7.86. The average Bonchev–Trinajstić information content (AvgIpc) is 3.05. The van der Waals surface area contributed by atoms with Gasteiger partial charge in [0, 0.05) is 37.2 Å². The Balaban J connectivity index is 0.00000192. The van der Waals surface area contributed by atoms with Gasteiger partial charge in [0.2, 0.25) is 0 Å². The predicted molar refractivity (Wildman–Crippen MR) is 95.6 cm³/mol. The third-order valence-corrected chi connectivity index (χ3v) is 4.42. The summed E-state index contributed by atoms with van der Waals surface area (Å²) < 4.78 is 1.79. The highest BCUT2D eigenvalue weighted by Gasteiger charge is 2.22. The van der Waals surface area contributed by atoms with Gasteiger partial charge in [-0.15, -0.1) is 12.4 Å². The van der Waals surface area contributed by atoms with E-state index in [-0.39, 0.29) is 12.4 Å². The van der Waals surface area contributed by atoms with E-state index in [4.69, 9.17) is 11.6 Å². The molecule has 126 valence electrons. The van der Waals surface area contributed by atoms with Gasteiger partial charge in [0.05, 0.1) is 5.69 Å². The number of nitrogens with zero attached hydrogens (tertiary/aromatic N) is 4. The highest BCUT2D eigenvalue weighted by Crippen LogP contribution is 2.22. The second-order valence-corrected chi connectivity index (χ2v) is 6.17. The van der Waals surface area contributed by atoms with Crippen molar-refractivity contribution < 1.29 is 0 Å². The average molecular weight is 356 g/mol. The van der Waals surface area contributed by atoms with E-state index in [0.717, 1.165) is 36.9 Å². The van der Waals surface area contributed by atoms with E-state index in [9.17, 15) is 0 Å². The van der Waals surface area contributed by atoms with Crippen molar-refractivity contribution in [2.24, 2.45) is 0 Å². The molecule has 2 aromatic rings. The number of halogens is 2. The molecule has 0 saturated carbocycles. The van der Waals surface area contributed by atoms with Gasteiger partial charge < -0.3 is 5.32 Å². The lowest BCUT2D eigenvalue weighted by Gasteiger charge is -2.36. The van der Waals surface area contributed by atoms with Crippen LogP contribution in [0.25, 0.3) is 5.69 Å². The van der Waals surface area contributed by atoms with E-state index < -0.39 is 0 Å². The molecule has 1 aromatic carbocycles. The van der Waals surface area contributed by atoms with Crippen LogP contribution >= 0.6 is 24.0 Å². The van der Waals surface area contributed by atoms with Crippen LogP contribution in [0.5, 0.6) is 0 Å². The van der Waals surface area contributed by atoms with Crippen LogP contribution in [-0.4, -0.2) is 45.3 Å². The Morgan fingerprint density at radius 1 is 1.39 bits per heavy atom. The summed E-state index contributed by atoms with van der Waals surface area (Å²) in [6.45, 7) is 6.35. The fourth-order valence-corrected chi connectivity index (χ4v) is 3.23. The molecule has 0 radical (unpaired) electrons. The molecule has 0 amide bonds. The van der Waals surface area contributed by atoms with Gasteiger partial charge in [-0.1, -0.05) is 31.0 Å². The van der Waals surface area contributed by atoms with Gasteiger partial charge in [-0.3, -0.25) is 4.90 Å². The van der Waals surface area contributed by atoms with Crippen LogP contribution in [0.4, 0.5) is 0 Å². The summed E-state index contributed by atoms with van der Waals surface area (Å²) >= 11 is 6.17. The molecule has 1 N–H and O–H groups in total. The lowest BCUT2D eigenvalue weighted by atomic mass is 10.1. The first-order chi connectivity index (χ1) is 10.8. The van der Waals surface area contributed by atoms with E-state index in [1.165, 1.54) is 18.4 Å². The number of hydrogen-bond acceptors (Lipinski definition) is 4. The van der Waals surface area contributed by atoms with E-state index in [0.29, 0.717) is 6.04 Å². The summed E-state index contributed by atoms with van der Waals surface area (Å²) in [5.41, 5.74) is 2.25. The highest BCUT2D eigenvalue weighted by atomic mass is 35.5. The summed E-state index contributed by atoms with van der Waals surface area (Å²) in [5.74, 6) is 0. The summed E-state index contributed by atoms with van der Waals surface area (Å²) in [5, 5.41) is 8.47. The Kier molecular flexibility index (Phi) is 6.84. The Morgan fingerprint density at radius 2 is 2.26 bits per heavy atom. The number of benzene rings is 1. The van der Waals surface area contributed by atoms with Crippen molar-refractivity contribution in [1.29, 1.82) is 0 Å². The molecule has 1 aliphatic heterocycles. The van der Waals surface area contributed by atoms with Crippen LogP contribution in [-0.2, 0) is 6.54 Å². The monoisotopic (exact) mass is 355 g/mol. The zero-order chi connectivity index (χ0) is 15.4. The van der Waals surface area contributed by atoms with Crippen LogP contribution in [0.1, 0.15) is 25.3 Å². The number of nitrogens with one attached hydrogen (secondary N) is 1. The van der Waals surface area contributed by atoms with Crippen molar-refractivity contribution in [2.75, 3.05) is 19.6 Å². The molecule has 1 atom stereocenters. The van der Waals surface area contributed by atoms with Crippen molar-refractivity contribution in [1.82, 2.24) is 25.0 Å². The second kappa shape index (κ2) is 8.64. The van der Waals surface area contributed by atoms with E-state index in [1.54, 1.807) is 17.3 Å². The van der Waals surface area contributed by atoms with Crippen molar-refractivity contribution in [2.45, 2.75) is 32.4 Å². The fraction of sp³-hybridized carbons (Fsp3) is 0.500. The molecule has 1 unspecified atom stereocenters. The largest absolute Gasteiger partial charge is 0.314 e. The smallest absolute Gasteiger partial charge is 0.138 e. The number of rotatable bonds is 5. The van der Waals surface area contributed by atoms with Crippen LogP contribution in [0, 0.1) is 0 Å². The second-order valence-electron chi connectivity index (χ2n) is 5.73. The Hall–Kier alpha value is -1.14. The summed E-state index contributed by atoms with van der Waals surface area (Å²) in [6.07, 6.45) is 5.70. The zero-order valence-electron chi connectivity index (χ0n) is 13.3. The van der Waals surface area contributed by atoms with Gasteiger partial charge in [-0.05, 0) is 24.1 Å². The summed E-state index contributed by atoms with van der Waals surface area (Å²) in [7, 11) is 0. The first kappa shape index (κ1) is 18.2. The maximum atomic E-state index is 6.17. The number of hydrogen-bond donors (Lipinski definition) is 1. The molecular formula is C16H23Cl2N5. The van der Waals surface area contributed by atoms with Crippen LogP contribution < -0.4 is 5.32 Å². The van der Waals surface area contributed by atoms with Crippen molar-refractivity contribution in [3.63, 3.8) is 0 Å². The minimum atomic E-state index is 0. The van der Waals surface area contributed by atoms with Crippen LogP contribution in [0.15, 0.2) is 30.9 Å². The SMILES string of the molecule is CCCC1CNCCN1Cc1ccc(Cl)cc1-n1cncn1.Cl. The Labute approximate surface area is 148 Å². The topological polar surface area (TPSA) is 46.0 Å². The van der Waals surface area contributed by atoms with Gasteiger partial charge in [0.1, 0.15) is 12.7 Å². The molecule has 1 saturated heterocycles. The molecule has 2 heterocycles. The Morgan fingerprint density at radius 3 is 3.00 bits per heavy atom. The predicted octanol–water partition coefficient (Wildman–Crippen LogP) is 2.92. The van der Waals surface area contributed by atoms with Gasteiger partial charge in [-0.25, -0.2) is 9.67 Å². The Bertz CT molecular complexity index is 601. The molecule has 1 aromatic heterocycles. The summed E-state index contributed by atoms with van der Waals surface area (Å²) in [6, 6.07) is 6.61. The maximum absolute atomic E-state index is 6.17.